The predicted molar refractivity (Wildman–Crippen MR) is 124 cm³/mol. The van der Waals surface area contributed by atoms with Crippen molar-refractivity contribution in [2.24, 2.45) is 0 Å². The smallest absolute Gasteiger partial charge is 0.419 e. The molecule has 0 atom stereocenters. The molecule has 4 aromatic rings. The van der Waals surface area contributed by atoms with E-state index in [1.165, 1.54) is 16.9 Å². The first kappa shape index (κ1) is 22.9. The Balaban J connectivity index is 1.50. The lowest BCUT2D eigenvalue weighted by Crippen LogP contribution is -2.34. The lowest BCUT2D eigenvalue weighted by Gasteiger charge is -2.24. The van der Waals surface area contributed by atoms with Crippen molar-refractivity contribution in [3.8, 4) is 34.0 Å². The molecule has 3 N–H and O–H groups in total. The van der Waals surface area contributed by atoms with Gasteiger partial charge in [-0.3, -0.25) is 0 Å². The molecule has 1 saturated heterocycles. The number of benzene rings is 1. The minimum Gasteiger partial charge on any atom is -0.493 e. The average molecular weight is 484 g/mol. The normalized spacial score (nSPS) is 14.9. The summed E-state index contributed by atoms with van der Waals surface area (Å²) in [6.45, 7) is 1.83. The number of rotatable bonds is 5. The van der Waals surface area contributed by atoms with Gasteiger partial charge in [-0.15, -0.1) is 0 Å². The van der Waals surface area contributed by atoms with Gasteiger partial charge in [-0.2, -0.15) is 18.3 Å². The molecule has 3 aromatic heterocycles. The number of anilines is 1. The number of nitrogen functional groups attached to an aromatic ring is 1. The third-order valence-corrected chi connectivity index (χ3v) is 5.92. The Bertz CT molecular complexity index is 1370. The van der Waals surface area contributed by atoms with Gasteiger partial charge < -0.3 is 20.5 Å². The molecule has 0 amide bonds. The van der Waals surface area contributed by atoms with Crippen LogP contribution in [0.5, 0.6) is 11.5 Å². The summed E-state index contributed by atoms with van der Waals surface area (Å²) in [6, 6.07) is 10.0. The molecule has 1 fully saturated rings. The Hall–Kier alpha value is -3.86. The molecular formula is C24H23F3N6O2. The number of nitrogens with one attached hydrogen (secondary N) is 1. The molecule has 0 aliphatic carbocycles. The van der Waals surface area contributed by atoms with Crippen LogP contribution in [0.4, 0.5) is 19.0 Å². The number of nitrogens with two attached hydrogens (primary N) is 1. The van der Waals surface area contributed by atoms with Crippen LogP contribution in [0.2, 0.25) is 0 Å². The van der Waals surface area contributed by atoms with Crippen LogP contribution in [0.15, 0.2) is 48.8 Å². The van der Waals surface area contributed by atoms with Gasteiger partial charge in [0.15, 0.2) is 17.1 Å². The highest BCUT2D eigenvalue weighted by Gasteiger charge is 2.34. The van der Waals surface area contributed by atoms with Crippen molar-refractivity contribution in [2.75, 3.05) is 25.9 Å². The molecule has 0 bridgehead atoms. The second kappa shape index (κ2) is 9.06. The molecule has 1 aromatic carbocycles. The van der Waals surface area contributed by atoms with Crippen LogP contribution in [-0.2, 0) is 6.18 Å². The van der Waals surface area contributed by atoms with Crippen LogP contribution in [-0.4, -0.2) is 45.9 Å². The summed E-state index contributed by atoms with van der Waals surface area (Å²) in [6.07, 6.45) is 0.0642. The third-order valence-electron chi connectivity index (χ3n) is 5.92. The number of hydrogen-bond acceptors (Lipinski definition) is 7. The van der Waals surface area contributed by atoms with E-state index in [0.29, 0.717) is 28.5 Å². The van der Waals surface area contributed by atoms with E-state index in [1.54, 1.807) is 19.2 Å². The topological polar surface area (TPSA) is 99.6 Å². The molecule has 5 rings (SSSR count). The quantitative estimate of drug-likeness (QED) is 0.438. The first-order valence-corrected chi connectivity index (χ1v) is 11.1. The minimum atomic E-state index is -4.62. The molecule has 1 aliphatic heterocycles. The maximum Gasteiger partial charge on any atom is 0.419 e. The van der Waals surface area contributed by atoms with E-state index >= 15 is 0 Å². The van der Waals surface area contributed by atoms with Crippen molar-refractivity contribution in [1.82, 2.24) is 24.9 Å². The van der Waals surface area contributed by atoms with E-state index in [4.69, 9.17) is 15.2 Å². The van der Waals surface area contributed by atoms with E-state index < -0.39 is 17.6 Å². The molecular weight excluding hydrogens is 461 g/mol. The standard InChI is InChI=1S/C24H23F3N6O2/c1-34-21-11-14(2-4-20(21)35-16-6-8-29-9-7-16)18-3-5-22-30-13-19(33(22)32-18)15-10-17(24(25,26)27)23(28)31-12-15/h2-5,10-13,16,29H,6-9H2,1H3,(H2,28,31). The monoisotopic (exact) mass is 484 g/mol. The van der Waals surface area contributed by atoms with Crippen molar-refractivity contribution < 1.29 is 22.6 Å². The molecule has 182 valence electrons. The molecule has 35 heavy (non-hydrogen) atoms. The number of ether oxygens (including phenoxy) is 2. The summed E-state index contributed by atoms with van der Waals surface area (Å²) in [5.41, 5.74) is 6.82. The van der Waals surface area contributed by atoms with Crippen LogP contribution in [0.25, 0.3) is 28.2 Å². The fourth-order valence-electron chi connectivity index (χ4n) is 4.08. The Morgan fingerprint density at radius 3 is 2.54 bits per heavy atom. The van der Waals surface area contributed by atoms with Crippen molar-refractivity contribution in [3.05, 3.63) is 54.4 Å². The number of piperidine rings is 1. The zero-order valence-electron chi connectivity index (χ0n) is 18.8. The van der Waals surface area contributed by atoms with Crippen molar-refractivity contribution in [3.63, 3.8) is 0 Å². The molecule has 4 heterocycles. The van der Waals surface area contributed by atoms with Gasteiger partial charge >= 0.3 is 6.18 Å². The van der Waals surface area contributed by atoms with Gasteiger partial charge in [-0.1, -0.05) is 0 Å². The van der Waals surface area contributed by atoms with Gasteiger partial charge in [0.25, 0.3) is 0 Å². The van der Waals surface area contributed by atoms with E-state index in [9.17, 15) is 13.2 Å². The summed E-state index contributed by atoms with van der Waals surface area (Å²) in [4.78, 5) is 7.99. The molecule has 0 unspecified atom stereocenters. The molecule has 11 heteroatoms. The number of nitrogens with zero attached hydrogens (tertiary/aromatic N) is 4. The summed E-state index contributed by atoms with van der Waals surface area (Å²) in [7, 11) is 1.57. The van der Waals surface area contributed by atoms with Crippen molar-refractivity contribution in [2.45, 2.75) is 25.1 Å². The van der Waals surface area contributed by atoms with Crippen LogP contribution in [0.3, 0.4) is 0 Å². The summed E-state index contributed by atoms with van der Waals surface area (Å²) >= 11 is 0. The molecule has 0 spiro atoms. The summed E-state index contributed by atoms with van der Waals surface area (Å²) in [5.74, 6) is 0.647. The van der Waals surface area contributed by atoms with Gasteiger partial charge in [-0.25, -0.2) is 14.5 Å². The minimum absolute atomic E-state index is 0.120. The van der Waals surface area contributed by atoms with E-state index in [2.05, 4.69) is 20.4 Å². The maximum atomic E-state index is 13.3. The fourth-order valence-corrected chi connectivity index (χ4v) is 4.08. The number of alkyl halides is 3. The highest BCUT2D eigenvalue weighted by atomic mass is 19.4. The lowest BCUT2D eigenvalue weighted by molar-refractivity contribution is -0.137. The maximum absolute atomic E-state index is 13.3. The van der Waals surface area contributed by atoms with E-state index in [-0.39, 0.29) is 11.7 Å². The second-order valence-electron chi connectivity index (χ2n) is 8.22. The summed E-state index contributed by atoms with van der Waals surface area (Å²) < 4.78 is 53.2. The van der Waals surface area contributed by atoms with E-state index in [0.717, 1.165) is 37.6 Å². The molecule has 1 aliphatic rings. The fraction of sp³-hybridized carbons (Fsp3) is 0.292. The Labute approximate surface area is 198 Å². The molecule has 8 nitrogen and oxygen atoms in total. The van der Waals surface area contributed by atoms with Gasteiger partial charge in [0.05, 0.1) is 30.3 Å². The Kier molecular flexibility index (Phi) is 5.93. The van der Waals surface area contributed by atoms with E-state index in [1.807, 2.05) is 18.2 Å². The van der Waals surface area contributed by atoms with Crippen molar-refractivity contribution in [1.29, 1.82) is 0 Å². The summed E-state index contributed by atoms with van der Waals surface area (Å²) in [5, 5.41) is 7.93. The van der Waals surface area contributed by atoms with Gasteiger partial charge in [0.2, 0.25) is 0 Å². The predicted octanol–water partition coefficient (Wildman–Crippen LogP) is 4.20. The number of fused-ring (bicyclic) bond motifs is 1. The Morgan fingerprint density at radius 1 is 1.00 bits per heavy atom. The zero-order chi connectivity index (χ0) is 24.6. The highest BCUT2D eigenvalue weighted by molar-refractivity contribution is 5.68. The van der Waals surface area contributed by atoms with Crippen molar-refractivity contribution >= 4 is 11.5 Å². The van der Waals surface area contributed by atoms with Crippen LogP contribution >= 0.6 is 0 Å². The third kappa shape index (κ3) is 4.59. The zero-order valence-corrected chi connectivity index (χ0v) is 18.8. The number of methoxy groups -OCH3 is 1. The number of pyridine rings is 1. The number of halogens is 3. The average Bonchev–Trinajstić information content (AvgIpc) is 3.28. The molecule has 0 radical (unpaired) electrons. The SMILES string of the molecule is COc1cc(-c2ccc3ncc(-c4cnc(N)c(C(F)(F)F)c4)n3n2)ccc1OC1CCNCC1. The van der Waals surface area contributed by atoms with Crippen LogP contribution < -0.4 is 20.5 Å². The lowest BCUT2D eigenvalue weighted by atomic mass is 10.1. The van der Waals surface area contributed by atoms with Crippen LogP contribution in [0.1, 0.15) is 18.4 Å². The molecule has 0 saturated carbocycles. The van der Waals surface area contributed by atoms with Gasteiger partial charge in [-0.05, 0) is 62.3 Å². The van der Waals surface area contributed by atoms with Crippen LogP contribution in [0, 0.1) is 0 Å². The number of aromatic nitrogens is 4. The van der Waals surface area contributed by atoms with Gasteiger partial charge in [0, 0.05) is 17.3 Å². The van der Waals surface area contributed by atoms with Gasteiger partial charge in [0.1, 0.15) is 11.9 Å². The highest BCUT2D eigenvalue weighted by Crippen LogP contribution is 2.36. The first-order chi connectivity index (χ1) is 16.8. The Morgan fingerprint density at radius 2 is 1.80 bits per heavy atom. The number of hydrogen-bond donors (Lipinski definition) is 2. The number of imidazole rings is 1. The largest absolute Gasteiger partial charge is 0.493 e. The first-order valence-electron chi connectivity index (χ1n) is 11.1. The second-order valence-corrected chi connectivity index (χ2v) is 8.22.